The number of carbonyl (C=O) groups is 1. The lowest BCUT2D eigenvalue weighted by molar-refractivity contribution is -0.112. The smallest absolute Gasteiger partial charge is 0.266 e. The predicted molar refractivity (Wildman–Crippen MR) is 109 cm³/mol. The van der Waals surface area contributed by atoms with Crippen molar-refractivity contribution in [1.29, 1.82) is 5.26 Å². The summed E-state index contributed by atoms with van der Waals surface area (Å²) in [6, 6.07) is 22.3. The SMILES string of the molecule is CCOc1cccc(NC(=O)C(C#N)=Cc2ccc(Sc3ccccc3)o2)c1. The number of amides is 1. The van der Waals surface area contributed by atoms with Gasteiger partial charge in [-0.3, -0.25) is 4.79 Å². The van der Waals surface area contributed by atoms with Gasteiger partial charge in [0.25, 0.3) is 5.91 Å². The molecule has 1 amide bonds. The average molecular weight is 390 g/mol. The van der Waals surface area contributed by atoms with E-state index in [1.165, 1.54) is 17.8 Å². The molecule has 0 saturated heterocycles. The fraction of sp³-hybridized carbons (Fsp3) is 0.0909. The zero-order valence-electron chi connectivity index (χ0n) is 15.2. The van der Waals surface area contributed by atoms with E-state index in [9.17, 15) is 10.1 Å². The summed E-state index contributed by atoms with van der Waals surface area (Å²) in [5, 5.41) is 12.7. The van der Waals surface area contributed by atoms with E-state index in [1.54, 1.807) is 30.3 Å². The monoisotopic (exact) mass is 390 g/mol. The zero-order chi connectivity index (χ0) is 19.8. The van der Waals surface area contributed by atoms with Gasteiger partial charge in [-0.2, -0.15) is 5.26 Å². The van der Waals surface area contributed by atoms with Crippen molar-refractivity contribution < 1.29 is 13.9 Å². The number of benzene rings is 2. The van der Waals surface area contributed by atoms with Crippen LogP contribution in [0.2, 0.25) is 0 Å². The maximum absolute atomic E-state index is 12.4. The van der Waals surface area contributed by atoms with Gasteiger partial charge in [-0.15, -0.1) is 0 Å². The topological polar surface area (TPSA) is 75.3 Å². The standard InChI is InChI=1S/C22H18N2O3S/c1-2-26-18-8-6-7-17(14-18)24-22(25)16(15-23)13-19-11-12-21(27-19)28-20-9-4-3-5-10-20/h3-14H,2H2,1H3,(H,24,25). The molecule has 0 unspecified atom stereocenters. The molecule has 0 atom stereocenters. The maximum atomic E-state index is 12.4. The fourth-order valence-corrected chi connectivity index (χ4v) is 3.19. The van der Waals surface area contributed by atoms with Gasteiger partial charge >= 0.3 is 0 Å². The fourth-order valence-electron chi connectivity index (χ4n) is 2.39. The van der Waals surface area contributed by atoms with Crippen LogP contribution in [0.5, 0.6) is 5.75 Å². The third-order valence-electron chi connectivity index (χ3n) is 3.62. The summed E-state index contributed by atoms with van der Waals surface area (Å²) >= 11 is 1.47. The number of ether oxygens (including phenoxy) is 1. The van der Waals surface area contributed by atoms with Gasteiger partial charge < -0.3 is 14.5 Å². The van der Waals surface area contributed by atoms with E-state index in [0.29, 0.717) is 28.9 Å². The maximum Gasteiger partial charge on any atom is 0.266 e. The Labute approximate surface area is 167 Å². The molecule has 28 heavy (non-hydrogen) atoms. The summed E-state index contributed by atoms with van der Waals surface area (Å²) in [7, 11) is 0. The van der Waals surface area contributed by atoms with E-state index in [1.807, 2.05) is 49.4 Å². The van der Waals surface area contributed by atoms with E-state index in [4.69, 9.17) is 9.15 Å². The Morgan fingerprint density at radius 1 is 1.18 bits per heavy atom. The highest BCUT2D eigenvalue weighted by Crippen LogP contribution is 2.29. The molecule has 0 fully saturated rings. The molecular formula is C22H18N2O3S. The molecule has 3 rings (SSSR count). The van der Waals surface area contributed by atoms with E-state index in [2.05, 4.69) is 5.32 Å². The number of nitrogens with zero attached hydrogens (tertiary/aromatic N) is 1. The molecule has 0 spiro atoms. The summed E-state index contributed by atoms with van der Waals surface area (Å²) in [6.07, 6.45) is 1.43. The van der Waals surface area contributed by atoms with Crippen molar-refractivity contribution in [3.05, 3.63) is 78.1 Å². The lowest BCUT2D eigenvalue weighted by Crippen LogP contribution is -2.13. The second-order valence-corrected chi connectivity index (χ2v) is 6.73. The minimum absolute atomic E-state index is 0.0487. The average Bonchev–Trinajstić information content (AvgIpc) is 3.14. The van der Waals surface area contributed by atoms with Gasteiger partial charge in [0, 0.05) is 22.7 Å². The summed E-state index contributed by atoms with van der Waals surface area (Å²) in [6.45, 7) is 2.41. The molecule has 5 nitrogen and oxygen atoms in total. The van der Waals surface area contributed by atoms with Crippen LogP contribution in [-0.2, 0) is 4.79 Å². The third-order valence-corrected chi connectivity index (χ3v) is 4.55. The van der Waals surface area contributed by atoms with Crippen molar-refractivity contribution in [2.24, 2.45) is 0 Å². The summed E-state index contributed by atoms with van der Waals surface area (Å²) < 4.78 is 11.1. The van der Waals surface area contributed by atoms with Crippen LogP contribution in [-0.4, -0.2) is 12.5 Å². The number of carbonyl (C=O) groups excluding carboxylic acids is 1. The minimum atomic E-state index is -0.509. The minimum Gasteiger partial charge on any atom is -0.494 e. The van der Waals surface area contributed by atoms with Crippen LogP contribution < -0.4 is 10.1 Å². The molecule has 0 aliphatic rings. The number of nitriles is 1. The molecule has 1 heterocycles. The van der Waals surface area contributed by atoms with E-state index >= 15 is 0 Å². The number of furan rings is 1. The first-order chi connectivity index (χ1) is 13.7. The van der Waals surface area contributed by atoms with E-state index < -0.39 is 5.91 Å². The number of hydrogen-bond acceptors (Lipinski definition) is 5. The first kappa shape index (κ1) is 19.3. The quantitative estimate of drug-likeness (QED) is 0.433. The summed E-state index contributed by atoms with van der Waals surface area (Å²) in [5.74, 6) is 0.578. The molecule has 1 aromatic heterocycles. The number of anilines is 1. The molecule has 0 saturated carbocycles. The Morgan fingerprint density at radius 2 is 2.00 bits per heavy atom. The van der Waals surface area contributed by atoms with Gasteiger partial charge in [-0.1, -0.05) is 36.0 Å². The van der Waals surface area contributed by atoms with Gasteiger partial charge in [0.15, 0.2) is 5.09 Å². The van der Waals surface area contributed by atoms with Crippen LogP contribution in [0.15, 0.2) is 86.7 Å². The molecule has 0 bridgehead atoms. The van der Waals surface area contributed by atoms with Gasteiger partial charge in [0.05, 0.1) is 6.61 Å². The normalized spacial score (nSPS) is 10.9. The zero-order valence-corrected chi connectivity index (χ0v) is 16.0. The van der Waals surface area contributed by atoms with Crippen molar-refractivity contribution in [3.63, 3.8) is 0 Å². The van der Waals surface area contributed by atoms with E-state index in [0.717, 1.165) is 4.90 Å². The molecule has 6 heteroatoms. The first-order valence-electron chi connectivity index (χ1n) is 8.66. The highest BCUT2D eigenvalue weighted by Gasteiger charge is 2.12. The molecule has 140 valence electrons. The molecular weight excluding hydrogens is 372 g/mol. The van der Waals surface area contributed by atoms with Gasteiger partial charge in [0.2, 0.25) is 0 Å². The molecule has 0 aliphatic carbocycles. The highest BCUT2D eigenvalue weighted by molar-refractivity contribution is 7.99. The van der Waals surface area contributed by atoms with Crippen LogP contribution in [0.25, 0.3) is 6.08 Å². The summed E-state index contributed by atoms with van der Waals surface area (Å²) in [5.41, 5.74) is 0.504. The van der Waals surface area contributed by atoms with Crippen molar-refractivity contribution in [2.45, 2.75) is 16.9 Å². The molecule has 1 N–H and O–H groups in total. The summed E-state index contributed by atoms with van der Waals surface area (Å²) in [4.78, 5) is 13.5. The second-order valence-electron chi connectivity index (χ2n) is 5.66. The van der Waals surface area contributed by atoms with Crippen LogP contribution in [0.4, 0.5) is 5.69 Å². The Bertz CT molecular complexity index is 1020. The molecule has 0 radical (unpaired) electrons. The Morgan fingerprint density at radius 3 is 2.75 bits per heavy atom. The van der Waals surface area contributed by atoms with E-state index in [-0.39, 0.29) is 5.57 Å². The molecule has 0 aliphatic heterocycles. The van der Waals surface area contributed by atoms with Gasteiger partial charge in [-0.25, -0.2) is 0 Å². The van der Waals surface area contributed by atoms with Crippen LogP contribution in [0.3, 0.4) is 0 Å². The number of nitrogens with one attached hydrogen (secondary N) is 1. The van der Waals surface area contributed by atoms with Gasteiger partial charge in [0.1, 0.15) is 23.2 Å². The number of hydrogen-bond donors (Lipinski definition) is 1. The third kappa shape index (κ3) is 5.29. The van der Waals surface area contributed by atoms with Crippen molar-refractivity contribution in [2.75, 3.05) is 11.9 Å². The number of rotatable bonds is 7. The second kappa shape index (κ2) is 9.49. The lowest BCUT2D eigenvalue weighted by Gasteiger charge is -2.07. The largest absolute Gasteiger partial charge is 0.494 e. The van der Waals surface area contributed by atoms with Crippen molar-refractivity contribution in [1.82, 2.24) is 0 Å². The van der Waals surface area contributed by atoms with Crippen LogP contribution in [0, 0.1) is 11.3 Å². The first-order valence-corrected chi connectivity index (χ1v) is 9.48. The van der Waals surface area contributed by atoms with Crippen LogP contribution in [0.1, 0.15) is 12.7 Å². The Balaban J connectivity index is 1.70. The van der Waals surface area contributed by atoms with Crippen molar-refractivity contribution >= 4 is 29.4 Å². The highest BCUT2D eigenvalue weighted by atomic mass is 32.2. The predicted octanol–water partition coefficient (Wildman–Crippen LogP) is 5.38. The Hall–Kier alpha value is -3.43. The molecule has 3 aromatic rings. The lowest BCUT2D eigenvalue weighted by atomic mass is 10.2. The van der Waals surface area contributed by atoms with Crippen LogP contribution >= 0.6 is 11.8 Å². The van der Waals surface area contributed by atoms with Crippen molar-refractivity contribution in [3.8, 4) is 11.8 Å². The molecule has 2 aromatic carbocycles. The van der Waals surface area contributed by atoms with Gasteiger partial charge in [-0.05, 0) is 43.3 Å². The Kier molecular flexibility index (Phi) is 6.55.